The number of carbonyl (C=O) groups excluding carboxylic acids is 4. The number of hydrogen-bond donors (Lipinski definition) is 2. The molecule has 49 heavy (non-hydrogen) atoms. The van der Waals surface area contributed by atoms with Gasteiger partial charge in [0.2, 0.25) is 17.7 Å². The molecule has 2 N–H and O–H groups in total. The van der Waals surface area contributed by atoms with Crippen molar-refractivity contribution < 1.29 is 38.5 Å². The van der Waals surface area contributed by atoms with Crippen molar-refractivity contribution in [1.29, 1.82) is 0 Å². The van der Waals surface area contributed by atoms with Crippen LogP contribution in [0.1, 0.15) is 65.5 Å². The summed E-state index contributed by atoms with van der Waals surface area (Å²) in [4.78, 5) is 59.6. The van der Waals surface area contributed by atoms with Crippen molar-refractivity contribution in [2.45, 2.75) is 100 Å². The summed E-state index contributed by atoms with van der Waals surface area (Å²) < 4.78 is 18.5. The van der Waals surface area contributed by atoms with Gasteiger partial charge in [0.15, 0.2) is 0 Å². The van der Waals surface area contributed by atoms with E-state index < -0.39 is 65.2 Å². The molecule has 1 unspecified atom stereocenters. The number of fused-ring (bicyclic) bond motifs is 1. The van der Waals surface area contributed by atoms with E-state index >= 15 is 0 Å². The first-order valence-electron chi connectivity index (χ1n) is 17.0. The van der Waals surface area contributed by atoms with Gasteiger partial charge in [-0.1, -0.05) is 72.3 Å². The number of nitrogens with zero attached hydrogens (tertiary/aromatic N) is 2. The number of esters is 1. The van der Waals surface area contributed by atoms with Crippen molar-refractivity contribution in [3.8, 4) is 0 Å². The van der Waals surface area contributed by atoms with Crippen LogP contribution in [0, 0.1) is 17.8 Å². The van der Waals surface area contributed by atoms with E-state index in [0.29, 0.717) is 18.4 Å². The van der Waals surface area contributed by atoms with Gasteiger partial charge >= 0.3 is 5.97 Å². The Morgan fingerprint density at radius 2 is 1.88 bits per heavy atom. The number of benzene rings is 1. The Morgan fingerprint density at radius 3 is 2.43 bits per heavy atom. The topological polar surface area (TPSA) is 135 Å². The second-order valence-corrected chi connectivity index (χ2v) is 15.7. The summed E-state index contributed by atoms with van der Waals surface area (Å²) >= 11 is 3.73. The highest BCUT2D eigenvalue weighted by Gasteiger charge is 2.78. The Morgan fingerprint density at radius 1 is 1.20 bits per heavy atom. The minimum atomic E-state index is -1.35. The molecule has 270 valence electrons. The monoisotopic (exact) mass is 745 g/mol. The van der Waals surface area contributed by atoms with E-state index in [1.54, 1.807) is 29.2 Å². The van der Waals surface area contributed by atoms with Crippen LogP contribution in [0.2, 0.25) is 0 Å². The van der Waals surface area contributed by atoms with E-state index in [4.69, 9.17) is 14.2 Å². The number of halogens is 1. The molecular formula is C37H52BrN3O8. The summed E-state index contributed by atoms with van der Waals surface area (Å²) in [5.41, 5.74) is -1.34. The molecule has 2 bridgehead atoms. The lowest BCUT2D eigenvalue weighted by Crippen LogP contribution is -2.62. The maximum Gasteiger partial charge on any atom is 0.313 e. The van der Waals surface area contributed by atoms with E-state index in [1.807, 2.05) is 52.8 Å². The fourth-order valence-corrected chi connectivity index (χ4v) is 8.63. The average molecular weight is 747 g/mol. The number of methoxy groups -OCH3 is 1. The number of aliphatic hydroxyl groups excluding tert-OH is 1. The van der Waals surface area contributed by atoms with Crippen molar-refractivity contribution >= 4 is 39.6 Å². The van der Waals surface area contributed by atoms with E-state index in [0.717, 1.165) is 0 Å². The van der Waals surface area contributed by atoms with Gasteiger partial charge in [0.1, 0.15) is 17.7 Å². The molecule has 0 saturated carbocycles. The molecule has 3 aliphatic rings. The second kappa shape index (κ2) is 15.9. The third-order valence-electron chi connectivity index (χ3n) is 9.94. The molecule has 3 heterocycles. The zero-order chi connectivity index (χ0) is 36.3. The van der Waals surface area contributed by atoms with Crippen molar-refractivity contribution in [3.05, 3.63) is 61.2 Å². The van der Waals surface area contributed by atoms with Crippen molar-refractivity contribution in [3.63, 3.8) is 0 Å². The molecule has 0 aromatic heterocycles. The Balaban J connectivity index is 1.78. The van der Waals surface area contributed by atoms with E-state index in [1.165, 1.54) is 12.0 Å². The summed E-state index contributed by atoms with van der Waals surface area (Å²) in [5.74, 6) is -3.99. The number of likely N-dealkylation sites (tertiary alicyclic amines) is 1. The number of amides is 3. The van der Waals surface area contributed by atoms with Gasteiger partial charge in [-0.05, 0) is 45.1 Å². The van der Waals surface area contributed by atoms with E-state index in [2.05, 4.69) is 34.4 Å². The van der Waals surface area contributed by atoms with Gasteiger partial charge in [0.25, 0.3) is 0 Å². The van der Waals surface area contributed by atoms with Crippen molar-refractivity contribution in [2.75, 3.05) is 26.9 Å². The standard InChI is InChI=1S/C37H52BrN3O8/c1-9-11-17-27(43)39-25(21-47-8)30(23-15-13-12-14-16-23)48-35(46)28-29-33(44)41(26(20-42)22(3)4)32(37(29)19-24(38)31(28)49-37)34(45)40(18-10-2)36(5,6)7/h9-10,12-16,22,24-26,28-32,42H,1-2,11,17-21H2,3-8H3,(H,39,43)/t24?,25-,26+,28-,29+,30-,31-,32-,37+/m1/s1. The molecule has 3 saturated heterocycles. The summed E-state index contributed by atoms with van der Waals surface area (Å²) in [6.07, 6.45) is 2.56. The molecule has 3 amide bonds. The molecule has 1 spiro atoms. The highest BCUT2D eigenvalue weighted by atomic mass is 79.9. The first kappa shape index (κ1) is 38.7. The fourth-order valence-electron chi connectivity index (χ4n) is 7.69. The van der Waals surface area contributed by atoms with Crippen LogP contribution in [0.4, 0.5) is 0 Å². The maximum absolute atomic E-state index is 14.7. The molecule has 1 aromatic carbocycles. The first-order valence-corrected chi connectivity index (χ1v) is 17.9. The second-order valence-electron chi connectivity index (χ2n) is 14.5. The van der Waals surface area contributed by atoms with Gasteiger partial charge < -0.3 is 34.4 Å². The van der Waals surface area contributed by atoms with Crippen LogP contribution in [0.25, 0.3) is 0 Å². The number of carbonyl (C=O) groups is 4. The predicted octanol–water partition coefficient (Wildman–Crippen LogP) is 3.95. The normalized spacial score (nSPS) is 27.7. The summed E-state index contributed by atoms with van der Waals surface area (Å²) in [6, 6.07) is 6.51. The fraction of sp³-hybridized carbons (Fsp3) is 0.622. The molecule has 12 heteroatoms. The highest BCUT2D eigenvalue weighted by Crippen LogP contribution is 2.61. The lowest BCUT2D eigenvalue weighted by molar-refractivity contribution is -0.164. The van der Waals surface area contributed by atoms with Gasteiger partial charge in [-0.15, -0.1) is 13.2 Å². The van der Waals surface area contributed by atoms with Gasteiger partial charge in [0, 0.05) is 30.4 Å². The average Bonchev–Trinajstić information content (AvgIpc) is 3.64. The summed E-state index contributed by atoms with van der Waals surface area (Å²) in [7, 11) is 1.50. The SMILES string of the molecule is C=CCCC(=O)N[C@H](COC)[C@H](OC(=O)[C@H]1[C@@H]2O[C@@]3(CC2Br)[C@@H]1C(=O)N([C@@H](CO)C(C)C)[C@@H]3C(=O)N(CC=C)C(C)(C)C)c1ccccc1. The first-order chi connectivity index (χ1) is 23.2. The molecule has 0 aliphatic carbocycles. The smallest absolute Gasteiger partial charge is 0.313 e. The molecule has 4 rings (SSSR count). The number of aliphatic hydroxyl groups is 1. The molecule has 1 aromatic rings. The number of nitrogens with one attached hydrogen (secondary N) is 1. The lowest BCUT2D eigenvalue weighted by atomic mass is 9.70. The van der Waals surface area contributed by atoms with Gasteiger partial charge in [-0.25, -0.2) is 0 Å². The Hall–Kier alpha value is -3.06. The third-order valence-corrected chi connectivity index (χ3v) is 10.8. The van der Waals surface area contributed by atoms with Crippen LogP contribution in [0.5, 0.6) is 0 Å². The maximum atomic E-state index is 14.7. The molecule has 3 fully saturated rings. The number of rotatable bonds is 16. The zero-order valence-corrected chi connectivity index (χ0v) is 31.1. The van der Waals surface area contributed by atoms with Crippen molar-refractivity contribution in [2.24, 2.45) is 17.8 Å². The summed E-state index contributed by atoms with van der Waals surface area (Å²) in [5, 5.41) is 13.5. The van der Waals surface area contributed by atoms with Gasteiger partial charge in [0.05, 0.1) is 43.2 Å². The Bertz CT molecular complexity index is 1380. The predicted molar refractivity (Wildman–Crippen MR) is 188 cm³/mol. The minimum absolute atomic E-state index is 0.0491. The van der Waals surface area contributed by atoms with Gasteiger partial charge in [-0.3, -0.25) is 19.2 Å². The largest absolute Gasteiger partial charge is 0.455 e. The third kappa shape index (κ3) is 7.52. The molecule has 0 radical (unpaired) electrons. The lowest BCUT2D eigenvalue weighted by Gasteiger charge is -2.44. The van der Waals surface area contributed by atoms with Crippen molar-refractivity contribution in [1.82, 2.24) is 15.1 Å². The minimum Gasteiger partial charge on any atom is -0.455 e. The molecule has 9 atom stereocenters. The highest BCUT2D eigenvalue weighted by molar-refractivity contribution is 9.09. The van der Waals surface area contributed by atoms with Crippen LogP contribution < -0.4 is 5.32 Å². The molecule has 3 aliphatic heterocycles. The summed E-state index contributed by atoms with van der Waals surface area (Å²) in [6.45, 7) is 16.9. The molecular weight excluding hydrogens is 694 g/mol. The van der Waals surface area contributed by atoms with Crippen LogP contribution in [0.3, 0.4) is 0 Å². The van der Waals surface area contributed by atoms with Gasteiger partial charge in [-0.2, -0.15) is 0 Å². The van der Waals surface area contributed by atoms with Crippen LogP contribution in [-0.2, 0) is 33.4 Å². The Labute approximate surface area is 298 Å². The van der Waals surface area contributed by atoms with Crippen LogP contribution in [0.15, 0.2) is 55.6 Å². The number of ether oxygens (including phenoxy) is 3. The zero-order valence-electron chi connectivity index (χ0n) is 29.5. The van der Waals surface area contributed by atoms with Crippen LogP contribution in [-0.4, -0.2) is 106 Å². The number of alkyl halides is 1. The van der Waals surface area contributed by atoms with Crippen LogP contribution >= 0.6 is 15.9 Å². The van der Waals surface area contributed by atoms with E-state index in [9.17, 15) is 24.3 Å². The number of hydrogen-bond acceptors (Lipinski definition) is 8. The van der Waals surface area contributed by atoms with E-state index in [-0.39, 0.29) is 48.7 Å². The Kier molecular flexibility index (Phi) is 12.5. The quantitative estimate of drug-likeness (QED) is 0.148. The number of allylic oxidation sites excluding steroid dienone is 1. The molecule has 11 nitrogen and oxygen atoms in total.